The smallest absolute Gasteiger partial charge is 0.217 e. The second-order valence-corrected chi connectivity index (χ2v) is 2.66. The van der Waals surface area contributed by atoms with E-state index >= 15 is 0 Å². The zero-order chi connectivity index (χ0) is 7.23. The van der Waals surface area contributed by atoms with Crippen molar-refractivity contribution in [2.75, 3.05) is 13.2 Å². The van der Waals surface area contributed by atoms with E-state index in [9.17, 15) is 0 Å². The van der Waals surface area contributed by atoms with E-state index < -0.39 is 0 Å². The zero-order valence-corrected chi connectivity index (χ0v) is 6.18. The normalized spacial score (nSPS) is 25.7. The fraction of sp³-hybridized carbons (Fsp3) is 0.875. The van der Waals surface area contributed by atoms with Crippen molar-refractivity contribution in [3.05, 3.63) is 11.4 Å². The standard InChI is InChI=1S/C8H13NO/c1-9-6-5-8-4-2-3-7-10-8/h8H,2-7H2. The quantitative estimate of drug-likeness (QED) is 0.532. The van der Waals surface area contributed by atoms with Crippen LogP contribution < -0.4 is 0 Å². The zero-order valence-electron chi connectivity index (χ0n) is 6.18. The number of ether oxygens (including phenoxy) is 1. The van der Waals surface area contributed by atoms with Crippen molar-refractivity contribution >= 4 is 0 Å². The molecule has 0 aromatic carbocycles. The monoisotopic (exact) mass is 139 g/mol. The Hall–Kier alpha value is -0.550. The highest BCUT2D eigenvalue weighted by atomic mass is 16.5. The van der Waals surface area contributed by atoms with Gasteiger partial charge in [-0.1, -0.05) is 0 Å². The molecule has 1 aliphatic rings. The van der Waals surface area contributed by atoms with Crippen LogP contribution in [0.3, 0.4) is 0 Å². The van der Waals surface area contributed by atoms with Gasteiger partial charge >= 0.3 is 0 Å². The molecule has 1 aliphatic heterocycles. The molecule has 0 aliphatic carbocycles. The van der Waals surface area contributed by atoms with E-state index in [4.69, 9.17) is 11.3 Å². The van der Waals surface area contributed by atoms with Crippen molar-refractivity contribution in [1.82, 2.24) is 0 Å². The van der Waals surface area contributed by atoms with Crippen molar-refractivity contribution in [3.8, 4) is 0 Å². The maximum absolute atomic E-state index is 6.59. The third-order valence-corrected chi connectivity index (χ3v) is 1.84. The Labute approximate surface area is 62.0 Å². The van der Waals surface area contributed by atoms with E-state index in [1.54, 1.807) is 0 Å². The predicted octanol–water partition coefficient (Wildman–Crippen LogP) is 1.86. The Bertz CT molecular complexity index is 122. The maximum Gasteiger partial charge on any atom is 0.217 e. The van der Waals surface area contributed by atoms with Gasteiger partial charge < -0.3 is 9.58 Å². The number of hydrogen-bond donors (Lipinski definition) is 0. The molecule has 0 radical (unpaired) electrons. The first-order chi connectivity index (χ1) is 4.93. The van der Waals surface area contributed by atoms with Gasteiger partial charge in [-0.15, -0.1) is 0 Å². The second-order valence-electron chi connectivity index (χ2n) is 2.66. The fourth-order valence-corrected chi connectivity index (χ4v) is 1.24. The summed E-state index contributed by atoms with van der Waals surface area (Å²) < 4.78 is 5.44. The Morgan fingerprint density at radius 2 is 2.40 bits per heavy atom. The Morgan fingerprint density at radius 3 is 3.00 bits per heavy atom. The summed E-state index contributed by atoms with van der Waals surface area (Å²) in [6.07, 6.45) is 4.97. The predicted molar refractivity (Wildman–Crippen MR) is 39.7 cm³/mol. The van der Waals surface area contributed by atoms with Crippen LogP contribution in [0.1, 0.15) is 25.7 Å². The average Bonchev–Trinajstić information content (AvgIpc) is 2.03. The summed E-state index contributed by atoms with van der Waals surface area (Å²) in [7, 11) is 0. The molecular formula is C8H13NO. The first-order valence-corrected chi connectivity index (χ1v) is 3.88. The molecule has 1 fully saturated rings. The van der Waals surface area contributed by atoms with Crippen molar-refractivity contribution in [2.45, 2.75) is 31.8 Å². The highest BCUT2D eigenvalue weighted by Crippen LogP contribution is 2.15. The summed E-state index contributed by atoms with van der Waals surface area (Å²) in [5, 5.41) is 0. The van der Waals surface area contributed by atoms with Gasteiger partial charge in [-0.3, -0.25) is 0 Å². The van der Waals surface area contributed by atoms with Crippen LogP contribution in [0.2, 0.25) is 0 Å². The van der Waals surface area contributed by atoms with Crippen molar-refractivity contribution in [1.29, 1.82) is 0 Å². The second kappa shape index (κ2) is 4.29. The molecule has 1 saturated heterocycles. The van der Waals surface area contributed by atoms with Gasteiger partial charge in [0.25, 0.3) is 0 Å². The van der Waals surface area contributed by atoms with Crippen LogP contribution in [0.15, 0.2) is 0 Å². The first kappa shape index (κ1) is 7.56. The Kier molecular flexibility index (Phi) is 3.25. The lowest BCUT2D eigenvalue weighted by atomic mass is 10.1. The average molecular weight is 139 g/mol. The van der Waals surface area contributed by atoms with Crippen molar-refractivity contribution in [3.63, 3.8) is 0 Å². The van der Waals surface area contributed by atoms with Gasteiger partial charge in [0.05, 0.1) is 6.10 Å². The minimum atomic E-state index is 0.392. The lowest BCUT2D eigenvalue weighted by molar-refractivity contribution is 0.0139. The third kappa shape index (κ3) is 2.36. The molecule has 0 aromatic heterocycles. The molecule has 0 N–H and O–H groups in total. The summed E-state index contributed by atoms with van der Waals surface area (Å²) >= 11 is 0. The Balaban J connectivity index is 2.09. The fourth-order valence-electron chi connectivity index (χ4n) is 1.24. The van der Waals surface area contributed by atoms with Crippen LogP contribution in [0, 0.1) is 6.57 Å². The summed E-state index contributed by atoms with van der Waals surface area (Å²) in [5.74, 6) is 0. The van der Waals surface area contributed by atoms with E-state index in [1.807, 2.05) is 0 Å². The highest BCUT2D eigenvalue weighted by Gasteiger charge is 2.13. The molecule has 0 bridgehead atoms. The lowest BCUT2D eigenvalue weighted by Crippen LogP contribution is -2.19. The molecule has 2 heteroatoms. The minimum Gasteiger partial charge on any atom is -0.378 e. The van der Waals surface area contributed by atoms with Crippen LogP contribution in [0.4, 0.5) is 0 Å². The third-order valence-electron chi connectivity index (χ3n) is 1.84. The topological polar surface area (TPSA) is 13.6 Å². The number of hydrogen-bond acceptors (Lipinski definition) is 1. The summed E-state index contributed by atoms with van der Waals surface area (Å²) in [5.41, 5.74) is 0. The molecule has 1 rings (SSSR count). The van der Waals surface area contributed by atoms with Gasteiger partial charge in [-0.2, -0.15) is 0 Å². The molecule has 1 unspecified atom stereocenters. The van der Waals surface area contributed by atoms with Gasteiger partial charge in [0.2, 0.25) is 6.54 Å². The number of nitrogens with zero attached hydrogens (tertiary/aromatic N) is 1. The van der Waals surface area contributed by atoms with Crippen LogP contribution in [-0.2, 0) is 4.74 Å². The molecule has 0 aromatic rings. The van der Waals surface area contributed by atoms with Crippen molar-refractivity contribution < 1.29 is 4.74 Å². The van der Waals surface area contributed by atoms with Gasteiger partial charge in [0.1, 0.15) is 0 Å². The minimum absolute atomic E-state index is 0.392. The van der Waals surface area contributed by atoms with Gasteiger partial charge in [0, 0.05) is 13.0 Å². The summed E-state index contributed by atoms with van der Waals surface area (Å²) in [4.78, 5) is 3.30. The van der Waals surface area contributed by atoms with Crippen LogP contribution in [0.5, 0.6) is 0 Å². The molecule has 1 heterocycles. The molecular weight excluding hydrogens is 126 g/mol. The Morgan fingerprint density at radius 1 is 1.50 bits per heavy atom. The molecule has 1 atom stereocenters. The lowest BCUT2D eigenvalue weighted by Gasteiger charge is -2.20. The van der Waals surface area contributed by atoms with E-state index in [0.717, 1.165) is 19.4 Å². The van der Waals surface area contributed by atoms with E-state index in [-0.39, 0.29) is 0 Å². The molecule has 0 amide bonds. The molecule has 10 heavy (non-hydrogen) atoms. The number of rotatable bonds is 2. The molecule has 56 valence electrons. The van der Waals surface area contributed by atoms with E-state index in [2.05, 4.69) is 4.85 Å². The summed E-state index contributed by atoms with van der Waals surface area (Å²) in [6.45, 7) is 8.13. The molecule has 2 nitrogen and oxygen atoms in total. The van der Waals surface area contributed by atoms with Crippen molar-refractivity contribution in [2.24, 2.45) is 0 Å². The van der Waals surface area contributed by atoms with Crippen LogP contribution >= 0.6 is 0 Å². The molecule has 0 saturated carbocycles. The summed E-state index contributed by atoms with van der Waals surface area (Å²) in [6, 6.07) is 0. The largest absolute Gasteiger partial charge is 0.378 e. The first-order valence-electron chi connectivity index (χ1n) is 3.88. The maximum atomic E-state index is 6.59. The van der Waals surface area contributed by atoms with E-state index in [1.165, 1.54) is 12.8 Å². The van der Waals surface area contributed by atoms with E-state index in [0.29, 0.717) is 12.6 Å². The molecule has 0 spiro atoms. The van der Waals surface area contributed by atoms with Gasteiger partial charge in [-0.05, 0) is 19.3 Å². The highest BCUT2D eigenvalue weighted by molar-refractivity contribution is 4.68. The SMILES string of the molecule is [C-]#[N+]CCC1CCCCO1. The van der Waals surface area contributed by atoms with Crippen LogP contribution in [0.25, 0.3) is 4.85 Å². The van der Waals surface area contributed by atoms with Gasteiger partial charge in [-0.25, -0.2) is 6.57 Å². The van der Waals surface area contributed by atoms with Gasteiger partial charge in [0.15, 0.2) is 0 Å². The van der Waals surface area contributed by atoms with Crippen LogP contribution in [-0.4, -0.2) is 19.3 Å².